The van der Waals surface area contributed by atoms with Crippen LogP contribution in [0.25, 0.3) is 0 Å². The number of nitrogens with two attached hydrogens (primary N) is 1. The summed E-state index contributed by atoms with van der Waals surface area (Å²) in [6.45, 7) is 2.79. The highest BCUT2D eigenvalue weighted by atomic mass is 79.9. The van der Waals surface area contributed by atoms with E-state index in [2.05, 4.69) is 32.5 Å². The Labute approximate surface area is 126 Å². The molecule has 1 atom stereocenters. The zero-order valence-electron chi connectivity index (χ0n) is 10.6. The second kappa shape index (κ2) is 6.52. The van der Waals surface area contributed by atoms with Crippen LogP contribution in [-0.2, 0) is 13.0 Å². The van der Waals surface area contributed by atoms with Crippen molar-refractivity contribution in [3.63, 3.8) is 0 Å². The molecule has 19 heavy (non-hydrogen) atoms. The molecule has 6 heteroatoms. The largest absolute Gasteiger partial charge is 0.271 e. The molecule has 2 aromatic rings. The summed E-state index contributed by atoms with van der Waals surface area (Å²) in [7, 11) is 0. The van der Waals surface area contributed by atoms with E-state index in [-0.39, 0.29) is 6.04 Å². The van der Waals surface area contributed by atoms with Gasteiger partial charge < -0.3 is 0 Å². The Morgan fingerprint density at radius 3 is 2.84 bits per heavy atom. The van der Waals surface area contributed by atoms with Crippen molar-refractivity contribution in [1.29, 1.82) is 0 Å². The van der Waals surface area contributed by atoms with Crippen LogP contribution in [-0.4, -0.2) is 9.78 Å². The minimum Gasteiger partial charge on any atom is -0.271 e. The molecule has 0 aliphatic heterocycles. The lowest BCUT2D eigenvalue weighted by Gasteiger charge is -2.18. The molecule has 1 aromatic heterocycles. The van der Waals surface area contributed by atoms with Crippen molar-refractivity contribution in [1.82, 2.24) is 15.2 Å². The van der Waals surface area contributed by atoms with Gasteiger partial charge >= 0.3 is 0 Å². The SMILES string of the molecule is CCn1ncc(Cl)c1C(Cc1ccccc1Br)NN. The number of hydrazine groups is 1. The molecule has 2 rings (SSSR count). The maximum absolute atomic E-state index is 6.21. The van der Waals surface area contributed by atoms with Crippen LogP contribution in [0, 0.1) is 0 Å². The van der Waals surface area contributed by atoms with E-state index < -0.39 is 0 Å². The Hall–Kier alpha value is -0.880. The number of aromatic nitrogens is 2. The molecule has 0 spiro atoms. The maximum atomic E-state index is 6.21. The number of hydrogen-bond donors (Lipinski definition) is 2. The molecule has 1 heterocycles. The molecular weight excluding hydrogens is 328 g/mol. The van der Waals surface area contributed by atoms with Gasteiger partial charge in [-0.1, -0.05) is 45.7 Å². The van der Waals surface area contributed by atoms with Crippen molar-refractivity contribution in [3.8, 4) is 0 Å². The molecule has 0 radical (unpaired) electrons. The summed E-state index contributed by atoms with van der Waals surface area (Å²) >= 11 is 9.76. The van der Waals surface area contributed by atoms with Crippen LogP contribution in [0.15, 0.2) is 34.9 Å². The number of nitrogens with zero attached hydrogens (tertiary/aromatic N) is 2. The van der Waals surface area contributed by atoms with E-state index in [0.717, 1.165) is 23.1 Å². The summed E-state index contributed by atoms with van der Waals surface area (Å²) in [6.07, 6.45) is 2.40. The van der Waals surface area contributed by atoms with Crippen molar-refractivity contribution >= 4 is 27.5 Å². The predicted octanol–water partition coefficient (Wildman–Crippen LogP) is 3.07. The van der Waals surface area contributed by atoms with Gasteiger partial charge in [0.1, 0.15) is 0 Å². The minimum absolute atomic E-state index is 0.0753. The minimum atomic E-state index is -0.0753. The molecule has 0 fully saturated rings. The molecule has 0 bridgehead atoms. The van der Waals surface area contributed by atoms with Crippen LogP contribution in [0.2, 0.25) is 5.02 Å². The van der Waals surface area contributed by atoms with Crippen LogP contribution in [0.3, 0.4) is 0 Å². The first kappa shape index (κ1) is 14.5. The number of aryl methyl sites for hydroxylation is 1. The average Bonchev–Trinajstić information content (AvgIpc) is 2.79. The van der Waals surface area contributed by atoms with Crippen LogP contribution in [0.1, 0.15) is 24.2 Å². The number of benzene rings is 1. The van der Waals surface area contributed by atoms with E-state index in [4.69, 9.17) is 17.4 Å². The monoisotopic (exact) mass is 342 g/mol. The van der Waals surface area contributed by atoms with E-state index in [1.165, 1.54) is 5.56 Å². The molecule has 0 saturated carbocycles. The van der Waals surface area contributed by atoms with Gasteiger partial charge in [0.25, 0.3) is 0 Å². The van der Waals surface area contributed by atoms with Gasteiger partial charge in [-0.15, -0.1) is 0 Å². The number of halogens is 2. The van der Waals surface area contributed by atoms with Gasteiger partial charge in [0.05, 0.1) is 23.0 Å². The van der Waals surface area contributed by atoms with E-state index in [1.54, 1.807) is 6.20 Å². The molecule has 1 aromatic carbocycles. The highest BCUT2D eigenvalue weighted by Gasteiger charge is 2.20. The first-order valence-corrected chi connectivity index (χ1v) is 7.25. The van der Waals surface area contributed by atoms with E-state index in [9.17, 15) is 0 Å². The highest BCUT2D eigenvalue weighted by molar-refractivity contribution is 9.10. The fraction of sp³-hybridized carbons (Fsp3) is 0.308. The molecule has 4 nitrogen and oxygen atoms in total. The van der Waals surface area contributed by atoms with Gasteiger partial charge in [-0.2, -0.15) is 5.10 Å². The molecule has 0 saturated heterocycles. The van der Waals surface area contributed by atoms with Gasteiger partial charge in [-0.3, -0.25) is 16.0 Å². The second-order valence-corrected chi connectivity index (χ2v) is 5.47. The quantitative estimate of drug-likeness (QED) is 0.648. The van der Waals surface area contributed by atoms with Crippen LogP contribution in [0.5, 0.6) is 0 Å². The van der Waals surface area contributed by atoms with Crippen molar-refractivity contribution in [2.75, 3.05) is 0 Å². The van der Waals surface area contributed by atoms with Crippen molar-refractivity contribution in [2.24, 2.45) is 5.84 Å². The third-order valence-electron chi connectivity index (χ3n) is 3.05. The summed E-state index contributed by atoms with van der Waals surface area (Å²) in [5.41, 5.74) is 4.92. The Bertz CT molecular complexity index is 555. The normalized spacial score (nSPS) is 12.6. The van der Waals surface area contributed by atoms with Crippen molar-refractivity contribution < 1.29 is 0 Å². The van der Waals surface area contributed by atoms with Gasteiger partial charge in [-0.05, 0) is 25.0 Å². The second-order valence-electron chi connectivity index (χ2n) is 4.21. The van der Waals surface area contributed by atoms with Gasteiger partial charge in [0.15, 0.2) is 0 Å². The van der Waals surface area contributed by atoms with Crippen molar-refractivity contribution in [2.45, 2.75) is 25.9 Å². The van der Waals surface area contributed by atoms with E-state index in [0.29, 0.717) is 5.02 Å². The molecule has 0 amide bonds. The lowest BCUT2D eigenvalue weighted by atomic mass is 10.0. The van der Waals surface area contributed by atoms with Crippen LogP contribution >= 0.6 is 27.5 Å². The fourth-order valence-corrected chi connectivity index (χ4v) is 2.81. The molecule has 0 aliphatic carbocycles. The third kappa shape index (κ3) is 3.17. The summed E-state index contributed by atoms with van der Waals surface area (Å²) in [6, 6.07) is 8.00. The maximum Gasteiger partial charge on any atom is 0.0834 e. The Morgan fingerprint density at radius 2 is 2.21 bits per heavy atom. The standard InChI is InChI=1S/C13H16BrClN4/c1-2-19-13(11(15)8-17-19)12(18-16)7-9-5-3-4-6-10(9)14/h3-6,8,12,18H,2,7,16H2,1H3. The summed E-state index contributed by atoms with van der Waals surface area (Å²) < 4.78 is 2.93. The van der Waals surface area contributed by atoms with Gasteiger partial charge in [0.2, 0.25) is 0 Å². The molecule has 0 aliphatic rings. The van der Waals surface area contributed by atoms with Crippen molar-refractivity contribution in [3.05, 3.63) is 51.2 Å². The summed E-state index contributed by atoms with van der Waals surface area (Å²) in [5.74, 6) is 5.69. The Morgan fingerprint density at radius 1 is 1.47 bits per heavy atom. The smallest absolute Gasteiger partial charge is 0.0834 e. The van der Waals surface area contributed by atoms with Crippen LogP contribution in [0.4, 0.5) is 0 Å². The Balaban J connectivity index is 2.30. The summed E-state index contributed by atoms with van der Waals surface area (Å²) in [5, 5.41) is 4.88. The van der Waals surface area contributed by atoms with Gasteiger partial charge in [-0.25, -0.2) is 0 Å². The molecule has 1 unspecified atom stereocenters. The van der Waals surface area contributed by atoms with Crippen LogP contribution < -0.4 is 11.3 Å². The topological polar surface area (TPSA) is 55.9 Å². The first-order chi connectivity index (χ1) is 9.17. The number of rotatable bonds is 5. The Kier molecular flexibility index (Phi) is 4.99. The molecular formula is C13H16BrClN4. The lowest BCUT2D eigenvalue weighted by molar-refractivity contribution is 0.490. The zero-order chi connectivity index (χ0) is 13.8. The predicted molar refractivity (Wildman–Crippen MR) is 80.8 cm³/mol. The molecule has 102 valence electrons. The zero-order valence-corrected chi connectivity index (χ0v) is 12.9. The average molecular weight is 344 g/mol. The number of hydrogen-bond acceptors (Lipinski definition) is 3. The van der Waals surface area contributed by atoms with Gasteiger partial charge in [0, 0.05) is 11.0 Å². The summed E-state index contributed by atoms with van der Waals surface area (Å²) in [4.78, 5) is 0. The first-order valence-electron chi connectivity index (χ1n) is 6.08. The third-order valence-corrected chi connectivity index (χ3v) is 4.11. The fourth-order valence-electron chi connectivity index (χ4n) is 2.09. The molecule has 3 N–H and O–H groups in total. The number of nitrogens with one attached hydrogen (secondary N) is 1. The lowest BCUT2D eigenvalue weighted by Crippen LogP contribution is -2.31. The highest BCUT2D eigenvalue weighted by Crippen LogP contribution is 2.27. The van der Waals surface area contributed by atoms with E-state index in [1.807, 2.05) is 29.8 Å². The van der Waals surface area contributed by atoms with E-state index >= 15 is 0 Å².